The summed E-state index contributed by atoms with van der Waals surface area (Å²) in [7, 11) is 0. The minimum absolute atomic E-state index is 0.0255. The van der Waals surface area contributed by atoms with Crippen LogP contribution in [0.2, 0.25) is 0 Å². The van der Waals surface area contributed by atoms with E-state index in [1.807, 2.05) is 0 Å². The molecule has 1 aliphatic heterocycles. The number of thiol groups is 1. The smallest absolute Gasteiger partial charge is 0.305 e. The minimum atomic E-state index is -0.787. The number of cyclic esters (lactones) is 1. The molecule has 0 radical (unpaired) electrons. The Morgan fingerprint density at radius 1 is 1.43 bits per heavy atom. The summed E-state index contributed by atoms with van der Waals surface area (Å²) in [5.41, 5.74) is 0. The Kier molecular flexibility index (Phi) is 8.42. The van der Waals surface area contributed by atoms with Crippen LogP contribution in [0.5, 0.6) is 0 Å². The molecule has 0 aromatic rings. The maximum absolute atomic E-state index is 10.5. The molecule has 0 atom stereocenters. The summed E-state index contributed by atoms with van der Waals surface area (Å²) in [6.45, 7) is 0.638. The van der Waals surface area contributed by atoms with Crippen LogP contribution in [0.1, 0.15) is 32.1 Å². The van der Waals surface area contributed by atoms with Crippen LogP contribution in [0.3, 0.4) is 0 Å². The molecule has 14 heavy (non-hydrogen) atoms. The number of hydrogen-bond acceptors (Lipinski definition) is 4. The normalized spacial score (nSPS) is 15.9. The Morgan fingerprint density at radius 2 is 2.14 bits per heavy atom. The van der Waals surface area contributed by atoms with Crippen molar-refractivity contribution in [2.24, 2.45) is 0 Å². The van der Waals surface area contributed by atoms with Gasteiger partial charge in [0.15, 0.2) is 0 Å². The monoisotopic (exact) mass is 220 g/mol. The van der Waals surface area contributed by atoms with Crippen molar-refractivity contribution in [1.82, 2.24) is 0 Å². The van der Waals surface area contributed by atoms with Gasteiger partial charge in [-0.25, -0.2) is 0 Å². The first-order valence-corrected chi connectivity index (χ1v) is 5.28. The van der Waals surface area contributed by atoms with Crippen molar-refractivity contribution in [3.8, 4) is 0 Å². The molecule has 0 saturated carbocycles. The van der Waals surface area contributed by atoms with Crippen molar-refractivity contribution in [2.45, 2.75) is 32.1 Å². The third kappa shape index (κ3) is 9.38. The van der Waals surface area contributed by atoms with Crippen molar-refractivity contribution in [1.29, 1.82) is 0 Å². The fourth-order valence-corrected chi connectivity index (χ4v) is 1.09. The summed E-state index contributed by atoms with van der Waals surface area (Å²) >= 11 is 3.68. The van der Waals surface area contributed by atoms with Crippen molar-refractivity contribution in [3.63, 3.8) is 0 Å². The van der Waals surface area contributed by atoms with Gasteiger partial charge in [0.25, 0.3) is 0 Å². The van der Waals surface area contributed by atoms with E-state index in [1.54, 1.807) is 0 Å². The van der Waals surface area contributed by atoms with Gasteiger partial charge in [0.05, 0.1) is 13.0 Å². The molecule has 0 unspecified atom stereocenters. The van der Waals surface area contributed by atoms with E-state index in [0.717, 1.165) is 19.3 Å². The largest absolute Gasteiger partial charge is 0.481 e. The number of carbonyl (C=O) groups excluding carboxylic acids is 1. The summed E-state index contributed by atoms with van der Waals surface area (Å²) in [6.07, 6.45) is 3.99. The predicted octanol–water partition coefficient (Wildman–Crippen LogP) is 1.49. The number of ether oxygens (including phenoxy) is 1. The lowest BCUT2D eigenvalue weighted by Crippen LogP contribution is -2.00. The van der Waals surface area contributed by atoms with Gasteiger partial charge in [-0.3, -0.25) is 9.59 Å². The van der Waals surface area contributed by atoms with E-state index >= 15 is 0 Å². The van der Waals surface area contributed by atoms with Gasteiger partial charge in [0.2, 0.25) is 0 Å². The average Bonchev–Trinajstić information content (AvgIpc) is 2.33. The van der Waals surface area contributed by atoms with Crippen LogP contribution in [0.25, 0.3) is 0 Å². The molecular weight excluding hydrogens is 204 g/mol. The van der Waals surface area contributed by atoms with E-state index < -0.39 is 5.97 Å². The van der Waals surface area contributed by atoms with E-state index in [-0.39, 0.29) is 12.4 Å². The summed E-state index contributed by atoms with van der Waals surface area (Å²) in [4.78, 5) is 20.0. The molecule has 1 saturated heterocycles. The van der Waals surface area contributed by atoms with Crippen LogP contribution in [-0.2, 0) is 14.3 Å². The maximum Gasteiger partial charge on any atom is 0.305 e. The Balaban J connectivity index is 0.000000255. The van der Waals surface area contributed by atoms with Gasteiger partial charge in [0.1, 0.15) is 0 Å². The molecule has 82 valence electrons. The number of aliphatic carboxylic acids is 1. The number of carboxylic acids is 1. The number of carboxylic acid groups (broad SMARTS) is 1. The molecular formula is C9H16O4S. The summed E-state index contributed by atoms with van der Waals surface area (Å²) in [6, 6.07) is 0. The van der Waals surface area contributed by atoms with E-state index in [1.165, 1.54) is 0 Å². The number of hydrogen-bond donors (Lipinski definition) is 2. The Hall–Kier alpha value is -0.710. The molecule has 0 bridgehead atoms. The minimum Gasteiger partial charge on any atom is -0.481 e. The molecule has 0 aromatic carbocycles. The fraction of sp³-hybridized carbons (Fsp3) is 0.778. The first kappa shape index (κ1) is 13.3. The second-order valence-electron chi connectivity index (χ2n) is 2.90. The lowest BCUT2D eigenvalue weighted by atomic mass is 10.2. The zero-order chi connectivity index (χ0) is 10.8. The van der Waals surface area contributed by atoms with Gasteiger partial charge < -0.3 is 9.84 Å². The van der Waals surface area contributed by atoms with Crippen LogP contribution in [-0.4, -0.2) is 29.4 Å². The van der Waals surface area contributed by atoms with Gasteiger partial charge in [-0.15, -0.1) is 0 Å². The zero-order valence-corrected chi connectivity index (χ0v) is 8.96. The number of carbonyl (C=O) groups is 2. The quantitative estimate of drug-likeness (QED) is 0.546. The van der Waals surface area contributed by atoms with Gasteiger partial charge in [-0.1, -0.05) is 0 Å². The highest BCUT2D eigenvalue weighted by molar-refractivity contribution is 7.80. The third-order valence-corrected chi connectivity index (χ3v) is 1.84. The Morgan fingerprint density at radius 3 is 2.64 bits per heavy atom. The Bertz CT molecular complexity index is 172. The summed E-state index contributed by atoms with van der Waals surface area (Å²) in [5, 5.41) is 7.86. The van der Waals surface area contributed by atoms with Gasteiger partial charge in [-0.2, -0.15) is 12.6 Å². The van der Waals surface area contributed by atoms with Crippen LogP contribution in [0, 0.1) is 0 Å². The molecule has 0 amide bonds. The second-order valence-corrected chi connectivity index (χ2v) is 3.35. The van der Waals surface area contributed by atoms with Gasteiger partial charge >= 0.3 is 11.9 Å². The number of esters is 1. The van der Waals surface area contributed by atoms with E-state index in [9.17, 15) is 9.59 Å². The molecule has 5 heteroatoms. The van der Waals surface area contributed by atoms with E-state index in [0.29, 0.717) is 18.8 Å². The molecule has 1 fully saturated rings. The summed E-state index contributed by atoms with van der Waals surface area (Å²) in [5.74, 6) is -0.387. The summed E-state index contributed by atoms with van der Waals surface area (Å²) < 4.78 is 4.76. The topological polar surface area (TPSA) is 63.6 Å². The highest BCUT2D eigenvalue weighted by atomic mass is 32.1. The van der Waals surface area contributed by atoms with Crippen LogP contribution < -0.4 is 0 Å². The lowest BCUT2D eigenvalue weighted by molar-refractivity contribution is -0.142. The fourth-order valence-electron chi connectivity index (χ4n) is 0.902. The van der Waals surface area contributed by atoms with E-state index in [4.69, 9.17) is 9.84 Å². The molecule has 4 nitrogen and oxygen atoms in total. The van der Waals surface area contributed by atoms with Crippen molar-refractivity contribution in [2.75, 3.05) is 12.4 Å². The van der Waals surface area contributed by atoms with Crippen LogP contribution in [0.15, 0.2) is 0 Å². The first-order valence-electron chi connectivity index (χ1n) is 4.65. The Labute approximate surface area is 89.0 Å². The molecule has 1 N–H and O–H groups in total. The van der Waals surface area contributed by atoms with Crippen molar-refractivity contribution >= 4 is 24.6 Å². The maximum atomic E-state index is 10.5. The van der Waals surface area contributed by atoms with Gasteiger partial charge in [0, 0.05) is 12.2 Å². The molecule has 1 aliphatic rings. The second kappa shape index (κ2) is 8.87. The molecule has 0 aromatic heterocycles. The van der Waals surface area contributed by atoms with E-state index in [2.05, 4.69) is 12.6 Å². The predicted molar refractivity (Wildman–Crippen MR) is 55.5 cm³/mol. The standard InChI is InChI=1S/C6H10O2.C3H6O2S/c7-6-4-2-1-3-5-8-6;4-3(5)1-2-6/h1-5H2;6H,1-2H2,(H,4,5). The molecule has 1 heterocycles. The number of rotatable bonds is 2. The van der Waals surface area contributed by atoms with Crippen molar-refractivity contribution < 1.29 is 19.4 Å². The van der Waals surface area contributed by atoms with Crippen molar-refractivity contribution in [3.05, 3.63) is 0 Å². The SMILES string of the molecule is O=C(O)CCS.O=C1CCCCCO1. The molecule has 1 rings (SSSR count). The first-order chi connectivity index (χ1) is 6.66. The highest BCUT2D eigenvalue weighted by Gasteiger charge is 2.05. The van der Waals surface area contributed by atoms with Crippen LogP contribution in [0.4, 0.5) is 0 Å². The lowest BCUT2D eigenvalue weighted by Gasteiger charge is -1.93. The van der Waals surface area contributed by atoms with Gasteiger partial charge in [-0.05, 0) is 19.3 Å². The average molecular weight is 220 g/mol. The molecule has 0 aliphatic carbocycles. The highest BCUT2D eigenvalue weighted by Crippen LogP contribution is 2.06. The third-order valence-electron chi connectivity index (χ3n) is 1.61. The zero-order valence-electron chi connectivity index (χ0n) is 8.07. The molecule has 0 spiro atoms. The van der Waals surface area contributed by atoms with Crippen LogP contribution >= 0.6 is 12.6 Å².